The van der Waals surface area contributed by atoms with Gasteiger partial charge in [-0.15, -0.1) is 10.2 Å². The molecule has 0 bridgehead atoms. The van der Waals surface area contributed by atoms with Crippen molar-refractivity contribution in [2.75, 3.05) is 0 Å². The Balaban J connectivity index is 2.02. The highest BCUT2D eigenvalue weighted by molar-refractivity contribution is 5.70. The highest BCUT2D eigenvalue weighted by Crippen LogP contribution is 2.28. The summed E-state index contributed by atoms with van der Waals surface area (Å²) in [5.41, 5.74) is 1.59. The van der Waals surface area contributed by atoms with Gasteiger partial charge in [0.25, 0.3) is 0 Å². The van der Waals surface area contributed by atoms with Crippen LogP contribution in [0.2, 0.25) is 0 Å². The van der Waals surface area contributed by atoms with Gasteiger partial charge in [0.05, 0.1) is 5.92 Å². The smallest absolute Gasteiger partial charge is 0.308 e. The number of hydrogen-bond acceptors (Lipinski definition) is 4. The van der Waals surface area contributed by atoms with Crippen LogP contribution in [0, 0.1) is 12.8 Å². The predicted octanol–water partition coefficient (Wildman–Crippen LogP) is 1.61. The summed E-state index contributed by atoms with van der Waals surface area (Å²) in [7, 11) is 0. The lowest BCUT2D eigenvalue weighted by Gasteiger charge is -2.21. The largest absolute Gasteiger partial charge is 0.508 e. The Morgan fingerprint density at radius 1 is 1.40 bits per heavy atom. The van der Waals surface area contributed by atoms with E-state index in [9.17, 15) is 9.90 Å². The van der Waals surface area contributed by atoms with Crippen LogP contribution in [0.4, 0.5) is 0 Å². The normalized spacial score (nSPS) is 17.8. The fourth-order valence-corrected chi connectivity index (χ4v) is 2.54. The topological polar surface area (TPSA) is 88.2 Å². The van der Waals surface area contributed by atoms with E-state index in [1.165, 1.54) is 0 Å². The van der Waals surface area contributed by atoms with Crippen LogP contribution < -0.4 is 0 Å². The van der Waals surface area contributed by atoms with Crippen molar-refractivity contribution in [3.63, 3.8) is 0 Å². The van der Waals surface area contributed by atoms with Gasteiger partial charge in [-0.2, -0.15) is 0 Å². The lowest BCUT2D eigenvalue weighted by atomic mass is 9.99. The summed E-state index contributed by atoms with van der Waals surface area (Å²) in [5.74, 6) is 0.542. The highest BCUT2D eigenvalue weighted by atomic mass is 16.4. The van der Waals surface area contributed by atoms with E-state index in [0.29, 0.717) is 25.2 Å². The molecule has 2 N–H and O–H groups in total. The number of carboxylic acids is 1. The third-order valence-electron chi connectivity index (χ3n) is 3.75. The molecular weight excluding hydrogens is 258 g/mol. The van der Waals surface area contributed by atoms with Crippen molar-refractivity contribution in [1.29, 1.82) is 0 Å². The van der Waals surface area contributed by atoms with Crippen molar-refractivity contribution in [1.82, 2.24) is 14.8 Å². The van der Waals surface area contributed by atoms with E-state index in [1.54, 1.807) is 12.1 Å². The molecule has 1 atom stereocenters. The standard InChI is InChI=1S/C14H15N3O3/c1-8-6-9(2-4-11(8)18)13-16-15-12-5-3-10(14(19)20)7-17(12)13/h2,4,6,10,18H,3,5,7H2,1H3,(H,19,20). The van der Waals surface area contributed by atoms with Gasteiger partial charge in [0.2, 0.25) is 0 Å². The number of benzene rings is 1. The van der Waals surface area contributed by atoms with Gasteiger partial charge in [-0.25, -0.2) is 0 Å². The number of aromatic hydroxyl groups is 1. The molecule has 2 aromatic rings. The van der Waals surface area contributed by atoms with Crippen molar-refractivity contribution >= 4 is 5.97 Å². The van der Waals surface area contributed by atoms with Crippen LogP contribution in [0.1, 0.15) is 17.8 Å². The number of phenols is 1. The van der Waals surface area contributed by atoms with Gasteiger partial charge in [0.15, 0.2) is 5.82 Å². The molecule has 6 heteroatoms. The predicted molar refractivity (Wildman–Crippen MR) is 71.3 cm³/mol. The number of aryl methyl sites for hydroxylation is 2. The SMILES string of the molecule is Cc1cc(-c2nnc3n2CC(C(=O)O)CC3)ccc1O. The van der Waals surface area contributed by atoms with Crippen LogP contribution in [0.5, 0.6) is 5.75 Å². The fraction of sp³-hybridized carbons (Fsp3) is 0.357. The Morgan fingerprint density at radius 3 is 2.90 bits per heavy atom. The molecular formula is C14H15N3O3. The van der Waals surface area contributed by atoms with Crippen LogP contribution in [-0.4, -0.2) is 30.9 Å². The van der Waals surface area contributed by atoms with Gasteiger partial charge >= 0.3 is 5.97 Å². The number of nitrogens with zero attached hydrogens (tertiary/aromatic N) is 3. The minimum Gasteiger partial charge on any atom is -0.508 e. The van der Waals surface area contributed by atoms with Gasteiger partial charge < -0.3 is 14.8 Å². The van der Waals surface area contributed by atoms with Gasteiger partial charge in [-0.05, 0) is 37.1 Å². The molecule has 20 heavy (non-hydrogen) atoms. The summed E-state index contributed by atoms with van der Waals surface area (Å²) in [5, 5.41) is 27.0. The summed E-state index contributed by atoms with van der Waals surface area (Å²) in [6, 6.07) is 5.21. The minimum atomic E-state index is -0.780. The lowest BCUT2D eigenvalue weighted by molar-refractivity contribution is -0.142. The van der Waals surface area contributed by atoms with Crippen molar-refractivity contribution in [3.8, 4) is 17.1 Å². The summed E-state index contributed by atoms with van der Waals surface area (Å²) in [6.45, 7) is 2.21. The molecule has 3 rings (SSSR count). The highest BCUT2D eigenvalue weighted by Gasteiger charge is 2.27. The van der Waals surface area contributed by atoms with Crippen LogP contribution in [0.3, 0.4) is 0 Å². The van der Waals surface area contributed by atoms with E-state index >= 15 is 0 Å². The van der Waals surface area contributed by atoms with Crippen molar-refractivity contribution < 1.29 is 15.0 Å². The van der Waals surface area contributed by atoms with Gasteiger partial charge in [-0.1, -0.05) is 0 Å². The number of aromatic nitrogens is 3. The fourth-order valence-electron chi connectivity index (χ4n) is 2.54. The second kappa shape index (κ2) is 4.63. The number of fused-ring (bicyclic) bond motifs is 1. The minimum absolute atomic E-state index is 0.232. The summed E-state index contributed by atoms with van der Waals surface area (Å²) < 4.78 is 1.87. The molecule has 1 aliphatic heterocycles. The van der Waals surface area contributed by atoms with Crippen molar-refractivity contribution in [3.05, 3.63) is 29.6 Å². The van der Waals surface area contributed by atoms with E-state index in [0.717, 1.165) is 17.0 Å². The average molecular weight is 273 g/mol. The maximum atomic E-state index is 11.1. The molecule has 0 spiro atoms. The number of carbonyl (C=O) groups is 1. The van der Waals surface area contributed by atoms with Gasteiger partial charge in [0, 0.05) is 18.5 Å². The van der Waals surface area contributed by atoms with E-state index < -0.39 is 11.9 Å². The van der Waals surface area contributed by atoms with Crippen molar-refractivity contribution in [2.45, 2.75) is 26.3 Å². The first-order valence-corrected chi connectivity index (χ1v) is 6.51. The Bertz CT molecular complexity index is 678. The van der Waals surface area contributed by atoms with Gasteiger partial charge in [-0.3, -0.25) is 4.79 Å². The molecule has 1 aliphatic rings. The maximum absolute atomic E-state index is 11.1. The zero-order valence-electron chi connectivity index (χ0n) is 11.1. The van der Waals surface area contributed by atoms with Crippen molar-refractivity contribution in [2.24, 2.45) is 5.92 Å². The number of hydrogen-bond donors (Lipinski definition) is 2. The number of rotatable bonds is 2. The molecule has 0 saturated carbocycles. The monoisotopic (exact) mass is 273 g/mol. The molecule has 6 nitrogen and oxygen atoms in total. The second-order valence-electron chi connectivity index (χ2n) is 5.13. The van der Waals surface area contributed by atoms with E-state index in [4.69, 9.17) is 5.11 Å². The summed E-state index contributed by atoms with van der Waals surface area (Å²) in [4.78, 5) is 11.1. The quantitative estimate of drug-likeness (QED) is 0.867. The number of aliphatic carboxylic acids is 1. The zero-order chi connectivity index (χ0) is 14.3. The number of phenolic OH excluding ortho intramolecular Hbond substituents is 1. The summed E-state index contributed by atoms with van der Waals surface area (Å²) in [6.07, 6.45) is 1.23. The first-order valence-electron chi connectivity index (χ1n) is 6.51. The molecule has 0 saturated heterocycles. The Labute approximate surface area is 115 Å². The lowest BCUT2D eigenvalue weighted by Crippen LogP contribution is -2.27. The van der Waals surface area contributed by atoms with Crippen LogP contribution in [0.25, 0.3) is 11.4 Å². The van der Waals surface area contributed by atoms with Gasteiger partial charge in [0.1, 0.15) is 11.6 Å². The average Bonchev–Trinajstić information content (AvgIpc) is 2.84. The Kier molecular flexibility index (Phi) is 2.93. The third kappa shape index (κ3) is 2.03. The Morgan fingerprint density at radius 2 is 2.20 bits per heavy atom. The van der Waals surface area contributed by atoms with Crippen LogP contribution in [0.15, 0.2) is 18.2 Å². The van der Waals surface area contributed by atoms with Crippen LogP contribution >= 0.6 is 0 Å². The second-order valence-corrected chi connectivity index (χ2v) is 5.13. The molecule has 1 unspecified atom stereocenters. The molecule has 104 valence electrons. The molecule has 0 fully saturated rings. The maximum Gasteiger partial charge on any atom is 0.308 e. The Hall–Kier alpha value is -2.37. The van der Waals surface area contributed by atoms with E-state index in [-0.39, 0.29) is 5.75 Å². The van der Waals surface area contributed by atoms with Crippen LogP contribution in [-0.2, 0) is 17.8 Å². The molecule has 0 aliphatic carbocycles. The molecule has 0 radical (unpaired) electrons. The van der Waals surface area contributed by atoms with E-state index in [2.05, 4.69) is 10.2 Å². The molecule has 2 heterocycles. The summed E-state index contributed by atoms with van der Waals surface area (Å²) >= 11 is 0. The molecule has 0 amide bonds. The third-order valence-corrected chi connectivity index (χ3v) is 3.75. The number of carboxylic acid groups (broad SMARTS) is 1. The zero-order valence-corrected chi connectivity index (χ0v) is 11.1. The molecule has 1 aromatic heterocycles. The molecule has 1 aromatic carbocycles. The van der Waals surface area contributed by atoms with E-state index in [1.807, 2.05) is 17.6 Å². The first-order chi connectivity index (χ1) is 9.56. The first kappa shape index (κ1) is 12.7.